The van der Waals surface area contributed by atoms with Gasteiger partial charge < -0.3 is 10.6 Å². The number of rotatable bonds is 3. The Morgan fingerprint density at radius 2 is 2.15 bits per heavy atom. The minimum Gasteiger partial charge on any atom is -0.369 e. The van der Waals surface area contributed by atoms with E-state index in [1.54, 1.807) is 6.07 Å². The van der Waals surface area contributed by atoms with Crippen LogP contribution in [-0.4, -0.2) is 28.5 Å². The second-order valence-electron chi connectivity index (χ2n) is 5.74. The number of hydrogen-bond acceptors (Lipinski definition) is 4. The molecule has 0 aliphatic carbocycles. The van der Waals surface area contributed by atoms with E-state index in [9.17, 15) is 4.79 Å². The average Bonchev–Trinajstić information content (AvgIpc) is 2.38. The van der Waals surface area contributed by atoms with Gasteiger partial charge in [-0.05, 0) is 19.8 Å². The second kappa shape index (κ2) is 5.95. The Balaban J connectivity index is 2.31. The van der Waals surface area contributed by atoms with Crippen molar-refractivity contribution < 1.29 is 4.79 Å². The van der Waals surface area contributed by atoms with E-state index in [0.717, 1.165) is 24.5 Å². The molecule has 1 aliphatic heterocycles. The standard InChI is InChI=1S/C14H21ClN4O/c1-8(2)14-17-11(15)6-12(18-14)19-7-10(13(16)20)5-4-9(19)3/h6,8-10H,4-5,7H2,1-3H3,(H2,16,20). The van der Waals surface area contributed by atoms with Gasteiger partial charge in [-0.25, -0.2) is 9.97 Å². The highest BCUT2D eigenvalue weighted by molar-refractivity contribution is 6.29. The van der Waals surface area contributed by atoms with Gasteiger partial charge in [-0.2, -0.15) is 0 Å². The molecule has 0 radical (unpaired) electrons. The zero-order chi connectivity index (χ0) is 14.9. The molecule has 0 spiro atoms. The van der Waals surface area contributed by atoms with Gasteiger partial charge in [0.2, 0.25) is 5.91 Å². The molecule has 0 saturated carbocycles. The lowest BCUT2D eigenvalue weighted by molar-refractivity contribution is -0.122. The van der Waals surface area contributed by atoms with Gasteiger partial charge in [0.05, 0.1) is 5.92 Å². The molecule has 2 heterocycles. The second-order valence-corrected chi connectivity index (χ2v) is 6.13. The minimum absolute atomic E-state index is 0.123. The van der Waals surface area contributed by atoms with Gasteiger partial charge in [-0.3, -0.25) is 4.79 Å². The number of nitrogens with two attached hydrogens (primary N) is 1. The smallest absolute Gasteiger partial charge is 0.222 e. The molecular weight excluding hydrogens is 276 g/mol. The SMILES string of the molecule is CC(C)c1nc(Cl)cc(N2CC(C(N)=O)CCC2C)n1. The van der Waals surface area contributed by atoms with Crippen molar-refractivity contribution in [1.29, 1.82) is 0 Å². The predicted molar refractivity (Wildman–Crippen MR) is 79.9 cm³/mol. The lowest BCUT2D eigenvalue weighted by Crippen LogP contribution is -2.46. The number of aromatic nitrogens is 2. The summed E-state index contributed by atoms with van der Waals surface area (Å²) >= 11 is 6.09. The summed E-state index contributed by atoms with van der Waals surface area (Å²) in [6.45, 7) is 6.78. The van der Waals surface area contributed by atoms with Crippen LogP contribution in [0, 0.1) is 5.92 Å². The highest BCUT2D eigenvalue weighted by Crippen LogP contribution is 2.28. The van der Waals surface area contributed by atoms with Gasteiger partial charge in [0, 0.05) is 24.6 Å². The van der Waals surface area contributed by atoms with Crippen LogP contribution in [-0.2, 0) is 4.79 Å². The summed E-state index contributed by atoms with van der Waals surface area (Å²) in [7, 11) is 0. The van der Waals surface area contributed by atoms with E-state index >= 15 is 0 Å². The topological polar surface area (TPSA) is 72.1 Å². The van der Waals surface area contributed by atoms with Gasteiger partial charge in [-0.15, -0.1) is 0 Å². The first-order valence-electron chi connectivity index (χ1n) is 6.99. The van der Waals surface area contributed by atoms with Crippen LogP contribution in [0.2, 0.25) is 5.15 Å². The number of primary amides is 1. The normalized spacial score (nSPS) is 23.1. The third-order valence-corrected chi connectivity index (χ3v) is 3.99. The quantitative estimate of drug-likeness (QED) is 0.869. The molecular formula is C14H21ClN4O. The Kier molecular flexibility index (Phi) is 4.48. The number of anilines is 1. The number of piperidine rings is 1. The molecule has 2 N–H and O–H groups in total. The third-order valence-electron chi connectivity index (χ3n) is 3.79. The zero-order valence-corrected chi connectivity index (χ0v) is 12.9. The van der Waals surface area contributed by atoms with E-state index in [2.05, 4.69) is 21.8 Å². The van der Waals surface area contributed by atoms with Crippen molar-refractivity contribution in [1.82, 2.24) is 9.97 Å². The summed E-state index contributed by atoms with van der Waals surface area (Å²) < 4.78 is 0. The summed E-state index contributed by atoms with van der Waals surface area (Å²) in [5, 5.41) is 0.437. The van der Waals surface area contributed by atoms with E-state index < -0.39 is 0 Å². The van der Waals surface area contributed by atoms with E-state index in [1.807, 2.05) is 13.8 Å². The van der Waals surface area contributed by atoms with E-state index in [0.29, 0.717) is 17.7 Å². The highest BCUT2D eigenvalue weighted by atomic mass is 35.5. The highest BCUT2D eigenvalue weighted by Gasteiger charge is 2.30. The Bertz CT molecular complexity index is 506. The lowest BCUT2D eigenvalue weighted by atomic mass is 9.93. The molecule has 1 aromatic heterocycles. The van der Waals surface area contributed by atoms with Crippen LogP contribution in [0.3, 0.4) is 0 Å². The van der Waals surface area contributed by atoms with Gasteiger partial charge in [-0.1, -0.05) is 25.4 Å². The maximum absolute atomic E-state index is 11.4. The summed E-state index contributed by atoms with van der Waals surface area (Å²) in [4.78, 5) is 22.3. The molecule has 1 aromatic rings. The van der Waals surface area contributed by atoms with Crippen LogP contribution in [0.1, 0.15) is 45.4 Å². The fraction of sp³-hybridized carbons (Fsp3) is 0.643. The molecule has 0 bridgehead atoms. The van der Waals surface area contributed by atoms with Gasteiger partial charge >= 0.3 is 0 Å². The zero-order valence-electron chi connectivity index (χ0n) is 12.1. The number of carbonyl (C=O) groups is 1. The van der Waals surface area contributed by atoms with Gasteiger partial charge in [0.25, 0.3) is 0 Å². The van der Waals surface area contributed by atoms with Crippen LogP contribution < -0.4 is 10.6 Å². The summed E-state index contributed by atoms with van der Waals surface area (Å²) in [6, 6.07) is 2.07. The molecule has 1 fully saturated rings. The van der Waals surface area contributed by atoms with Crippen molar-refractivity contribution in [2.45, 2.75) is 45.6 Å². The molecule has 20 heavy (non-hydrogen) atoms. The molecule has 110 valence electrons. The van der Waals surface area contributed by atoms with Crippen LogP contribution in [0.5, 0.6) is 0 Å². The first-order valence-corrected chi connectivity index (χ1v) is 7.36. The fourth-order valence-electron chi connectivity index (χ4n) is 2.49. The number of halogens is 1. The van der Waals surface area contributed by atoms with Crippen LogP contribution in [0.15, 0.2) is 6.07 Å². The summed E-state index contributed by atoms with van der Waals surface area (Å²) in [5.74, 6) is 1.35. The summed E-state index contributed by atoms with van der Waals surface area (Å²) in [5.41, 5.74) is 5.44. The molecule has 1 amide bonds. The molecule has 6 heteroatoms. The number of hydrogen-bond donors (Lipinski definition) is 1. The largest absolute Gasteiger partial charge is 0.369 e. The summed E-state index contributed by atoms with van der Waals surface area (Å²) in [6.07, 6.45) is 1.76. The number of amides is 1. The molecule has 0 aromatic carbocycles. The Morgan fingerprint density at radius 3 is 2.75 bits per heavy atom. The Morgan fingerprint density at radius 1 is 1.45 bits per heavy atom. The van der Waals surface area contributed by atoms with Crippen LogP contribution >= 0.6 is 11.6 Å². The first-order chi connectivity index (χ1) is 9.38. The van der Waals surface area contributed by atoms with Crippen molar-refractivity contribution in [2.24, 2.45) is 11.7 Å². The van der Waals surface area contributed by atoms with Gasteiger partial charge in [0.1, 0.15) is 16.8 Å². The monoisotopic (exact) mass is 296 g/mol. The van der Waals surface area contributed by atoms with Crippen molar-refractivity contribution >= 4 is 23.3 Å². The maximum atomic E-state index is 11.4. The molecule has 1 saturated heterocycles. The van der Waals surface area contributed by atoms with Crippen LogP contribution in [0.25, 0.3) is 0 Å². The van der Waals surface area contributed by atoms with E-state index in [-0.39, 0.29) is 17.7 Å². The lowest BCUT2D eigenvalue weighted by Gasteiger charge is -2.38. The van der Waals surface area contributed by atoms with Crippen LogP contribution in [0.4, 0.5) is 5.82 Å². The minimum atomic E-state index is -0.244. The van der Waals surface area contributed by atoms with Crippen molar-refractivity contribution in [3.05, 3.63) is 17.0 Å². The number of carbonyl (C=O) groups excluding carboxylic acids is 1. The van der Waals surface area contributed by atoms with E-state index in [1.165, 1.54) is 0 Å². The van der Waals surface area contributed by atoms with E-state index in [4.69, 9.17) is 17.3 Å². The van der Waals surface area contributed by atoms with Crippen molar-refractivity contribution in [3.8, 4) is 0 Å². The molecule has 1 aliphatic rings. The van der Waals surface area contributed by atoms with Crippen molar-refractivity contribution in [3.63, 3.8) is 0 Å². The molecule has 2 unspecified atom stereocenters. The molecule has 2 rings (SSSR count). The maximum Gasteiger partial charge on any atom is 0.222 e. The Hall–Kier alpha value is -1.36. The molecule has 5 nitrogen and oxygen atoms in total. The van der Waals surface area contributed by atoms with Gasteiger partial charge in [0.15, 0.2) is 0 Å². The molecule has 2 atom stereocenters. The number of nitrogens with zero attached hydrogens (tertiary/aromatic N) is 3. The fourth-order valence-corrected chi connectivity index (χ4v) is 2.67. The Labute approximate surface area is 124 Å². The van der Waals surface area contributed by atoms with Crippen molar-refractivity contribution in [2.75, 3.05) is 11.4 Å². The third kappa shape index (κ3) is 3.20. The average molecular weight is 297 g/mol. The predicted octanol–water partition coefficient (Wildman–Crippen LogP) is 2.34. The first kappa shape index (κ1) is 15.0.